The van der Waals surface area contributed by atoms with Crippen LogP contribution in [0.3, 0.4) is 0 Å². The predicted molar refractivity (Wildman–Crippen MR) is 63.5 cm³/mol. The van der Waals surface area contributed by atoms with E-state index >= 15 is 0 Å². The summed E-state index contributed by atoms with van der Waals surface area (Å²) in [5.41, 5.74) is 0.871. The van der Waals surface area contributed by atoms with Crippen molar-refractivity contribution in [1.82, 2.24) is 5.32 Å². The van der Waals surface area contributed by atoms with Crippen LogP contribution in [0, 0.1) is 11.7 Å². The fourth-order valence-corrected chi connectivity index (χ4v) is 2.67. The maximum Gasteiger partial charge on any atom is 0.140 e. The Morgan fingerprint density at radius 2 is 2.27 bits per heavy atom. The molecule has 0 spiro atoms. The normalized spacial score (nSPS) is 25.0. The van der Waals surface area contributed by atoms with Crippen LogP contribution in [0.2, 0.25) is 0 Å². The number of benzene rings is 1. The van der Waals surface area contributed by atoms with Gasteiger partial charge in [0, 0.05) is 0 Å². The van der Waals surface area contributed by atoms with Crippen LogP contribution in [0.4, 0.5) is 4.39 Å². The Bertz CT molecular complexity index is 353. The van der Waals surface area contributed by atoms with Gasteiger partial charge in [-0.1, -0.05) is 12.1 Å². The molecule has 1 aromatic rings. The third-order valence-electron chi connectivity index (χ3n) is 3.26. The molecule has 0 aromatic heterocycles. The van der Waals surface area contributed by atoms with Gasteiger partial charge in [0.1, 0.15) is 5.82 Å². The maximum atomic E-state index is 13.8. The quantitative estimate of drug-likeness (QED) is 0.890. The average molecular weight is 272 g/mol. The average Bonchev–Trinajstić information content (AvgIpc) is 2.20. The molecule has 0 amide bonds. The molecule has 1 aromatic carbocycles. The summed E-state index contributed by atoms with van der Waals surface area (Å²) < 4.78 is 14.4. The SMILES string of the molecule is CNCC1CCC1c1cccc(Br)c1F. The van der Waals surface area contributed by atoms with Crippen LogP contribution in [0.5, 0.6) is 0 Å². The summed E-state index contributed by atoms with van der Waals surface area (Å²) in [7, 11) is 1.95. The van der Waals surface area contributed by atoms with E-state index in [0.29, 0.717) is 16.3 Å². The smallest absolute Gasteiger partial charge is 0.140 e. The van der Waals surface area contributed by atoms with E-state index in [4.69, 9.17) is 0 Å². The van der Waals surface area contributed by atoms with E-state index < -0.39 is 0 Å². The first kappa shape index (κ1) is 11.1. The monoisotopic (exact) mass is 271 g/mol. The molecule has 2 atom stereocenters. The molecule has 15 heavy (non-hydrogen) atoms. The third-order valence-corrected chi connectivity index (χ3v) is 3.88. The Morgan fingerprint density at radius 1 is 1.47 bits per heavy atom. The molecular formula is C12H15BrFN. The maximum absolute atomic E-state index is 13.8. The second-order valence-electron chi connectivity index (χ2n) is 4.14. The van der Waals surface area contributed by atoms with Gasteiger partial charge < -0.3 is 5.32 Å². The molecule has 0 bridgehead atoms. The number of hydrogen-bond acceptors (Lipinski definition) is 1. The molecule has 2 unspecified atom stereocenters. The lowest BCUT2D eigenvalue weighted by atomic mass is 9.70. The lowest BCUT2D eigenvalue weighted by Crippen LogP contribution is -2.32. The zero-order valence-corrected chi connectivity index (χ0v) is 10.3. The van der Waals surface area contributed by atoms with Crippen molar-refractivity contribution in [3.05, 3.63) is 34.1 Å². The number of halogens is 2. The van der Waals surface area contributed by atoms with Crippen molar-refractivity contribution >= 4 is 15.9 Å². The minimum absolute atomic E-state index is 0.0803. The van der Waals surface area contributed by atoms with E-state index in [9.17, 15) is 4.39 Å². The van der Waals surface area contributed by atoms with E-state index in [1.54, 1.807) is 6.07 Å². The van der Waals surface area contributed by atoms with Crippen molar-refractivity contribution in [3.8, 4) is 0 Å². The fourth-order valence-electron chi connectivity index (χ4n) is 2.29. The molecule has 82 valence electrons. The van der Waals surface area contributed by atoms with Gasteiger partial charge in [0.25, 0.3) is 0 Å². The Hall–Kier alpha value is -0.410. The van der Waals surface area contributed by atoms with E-state index in [-0.39, 0.29) is 5.82 Å². The molecule has 1 N–H and O–H groups in total. The van der Waals surface area contributed by atoms with Gasteiger partial charge in [0.15, 0.2) is 0 Å². The van der Waals surface area contributed by atoms with Gasteiger partial charge >= 0.3 is 0 Å². The first-order valence-electron chi connectivity index (χ1n) is 5.32. The number of hydrogen-bond donors (Lipinski definition) is 1. The summed E-state index contributed by atoms with van der Waals surface area (Å²) in [6.07, 6.45) is 2.32. The Balaban J connectivity index is 2.19. The van der Waals surface area contributed by atoms with Gasteiger partial charge in [-0.05, 0) is 65.8 Å². The molecule has 0 radical (unpaired) electrons. The van der Waals surface area contributed by atoms with E-state index in [2.05, 4.69) is 21.2 Å². The summed E-state index contributed by atoms with van der Waals surface area (Å²) in [6.45, 7) is 0.983. The first-order valence-corrected chi connectivity index (χ1v) is 6.12. The zero-order chi connectivity index (χ0) is 10.8. The van der Waals surface area contributed by atoms with Gasteiger partial charge in [-0.15, -0.1) is 0 Å². The van der Waals surface area contributed by atoms with Crippen LogP contribution in [-0.4, -0.2) is 13.6 Å². The van der Waals surface area contributed by atoms with Crippen LogP contribution in [0.15, 0.2) is 22.7 Å². The highest BCUT2D eigenvalue weighted by Crippen LogP contribution is 2.43. The number of nitrogens with one attached hydrogen (secondary N) is 1. The number of rotatable bonds is 3. The lowest BCUT2D eigenvalue weighted by Gasteiger charge is -2.37. The molecule has 0 saturated heterocycles. The topological polar surface area (TPSA) is 12.0 Å². The standard InChI is InChI=1S/C12H15BrFN/c1-15-7-8-5-6-9(8)10-3-2-4-11(13)12(10)14/h2-4,8-9,15H,5-7H2,1H3. The highest BCUT2D eigenvalue weighted by atomic mass is 79.9. The van der Waals surface area contributed by atoms with Gasteiger partial charge in [-0.3, -0.25) is 0 Å². The van der Waals surface area contributed by atoms with Crippen LogP contribution in [0.25, 0.3) is 0 Å². The van der Waals surface area contributed by atoms with Crippen molar-refractivity contribution in [3.63, 3.8) is 0 Å². The minimum Gasteiger partial charge on any atom is -0.319 e. The predicted octanol–water partition coefficient (Wildman–Crippen LogP) is 3.30. The molecule has 0 heterocycles. The molecule has 0 aliphatic heterocycles. The van der Waals surface area contributed by atoms with Gasteiger partial charge in [0.2, 0.25) is 0 Å². The summed E-state index contributed by atoms with van der Waals surface area (Å²) in [5.74, 6) is 0.914. The van der Waals surface area contributed by atoms with Crippen LogP contribution < -0.4 is 5.32 Å². The third kappa shape index (κ3) is 2.08. The molecule has 3 heteroatoms. The van der Waals surface area contributed by atoms with Gasteiger partial charge in [-0.25, -0.2) is 4.39 Å². The molecule has 2 rings (SSSR count). The summed E-state index contributed by atoms with van der Waals surface area (Å²) >= 11 is 3.24. The van der Waals surface area contributed by atoms with E-state index in [0.717, 1.165) is 18.5 Å². The summed E-state index contributed by atoms with van der Waals surface area (Å²) in [5, 5.41) is 3.17. The second kappa shape index (κ2) is 4.62. The Morgan fingerprint density at radius 3 is 2.87 bits per heavy atom. The van der Waals surface area contributed by atoms with Crippen molar-refractivity contribution in [2.75, 3.05) is 13.6 Å². The largest absolute Gasteiger partial charge is 0.319 e. The van der Waals surface area contributed by atoms with Crippen LogP contribution in [-0.2, 0) is 0 Å². The Labute approximate surface area is 98.2 Å². The second-order valence-corrected chi connectivity index (χ2v) is 5.00. The van der Waals surface area contributed by atoms with Crippen LogP contribution in [0.1, 0.15) is 24.3 Å². The molecule has 1 aliphatic carbocycles. The minimum atomic E-state index is -0.0803. The van der Waals surface area contributed by atoms with Crippen molar-refractivity contribution in [2.45, 2.75) is 18.8 Å². The van der Waals surface area contributed by atoms with E-state index in [1.807, 2.05) is 19.2 Å². The Kier molecular flexibility index (Phi) is 3.42. The fraction of sp³-hybridized carbons (Fsp3) is 0.500. The van der Waals surface area contributed by atoms with Crippen LogP contribution >= 0.6 is 15.9 Å². The van der Waals surface area contributed by atoms with E-state index in [1.165, 1.54) is 6.42 Å². The van der Waals surface area contributed by atoms with Crippen molar-refractivity contribution in [2.24, 2.45) is 5.92 Å². The molecule has 1 saturated carbocycles. The highest BCUT2D eigenvalue weighted by molar-refractivity contribution is 9.10. The van der Waals surface area contributed by atoms with Crippen molar-refractivity contribution < 1.29 is 4.39 Å². The van der Waals surface area contributed by atoms with Gasteiger partial charge in [-0.2, -0.15) is 0 Å². The zero-order valence-electron chi connectivity index (χ0n) is 8.76. The van der Waals surface area contributed by atoms with Gasteiger partial charge in [0.05, 0.1) is 4.47 Å². The molecular weight excluding hydrogens is 257 g/mol. The first-order chi connectivity index (χ1) is 7.24. The lowest BCUT2D eigenvalue weighted by molar-refractivity contribution is 0.245. The molecule has 1 aliphatic rings. The van der Waals surface area contributed by atoms with Crippen molar-refractivity contribution in [1.29, 1.82) is 0 Å². The molecule has 1 fully saturated rings. The summed E-state index contributed by atoms with van der Waals surface area (Å²) in [6, 6.07) is 5.58. The highest BCUT2D eigenvalue weighted by Gasteiger charge is 2.33. The summed E-state index contributed by atoms with van der Waals surface area (Å²) in [4.78, 5) is 0. The molecule has 1 nitrogen and oxygen atoms in total.